The second-order valence-corrected chi connectivity index (χ2v) is 7.33. The van der Waals surface area contributed by atoms with E-state index in [9.17, 15) is 9.18 Å². The summed E-state index contributed by atoms with van der Waals surface area (Å²) in [7, 11) is 0. The Morgan fingerprint density at radius 3 is 2.61 bits per heavy atom. The van der Waals surface area contributed by atoms with Crippen molar-refractivity contribution in [2.45, 2.75) is 31.5 Å². The molecule has 0 aliphatic carbocycles. The van der Waals surface area contributed by atoms with Gasteiger partial charge < -0.3 is 11.2 Å². The number of hydrogen-bond donors (Lipinski definition) is 2. The van der Waals surface area contributed by atoms with Gasteiger partial charge in [-0.1, -0.05) is 60.6 Å². The third-order valence-corrected chi connectivity index (χ3v) is 5.28. The fourth-order valence-electron chi connectivity index (χ4n) is 2.79. The lowest BCUT2D eigenvalue weighted by molar-refractivity contribution is -0.119. The maximum Gasteiger partial charge on any atom is 0.230 e. The van der Waals surface area contributed by atoms with Crippen LogP contribution >= 0.6 is 11.8 Å². The maximum absolute atomic E-state index is 13.9. The Bertz CT molecular complexity index is 957. The van der Waals surface area contributed by atoms with E-state index >= 15 is 0 Å². The first-order valence-electron chi connectivity index (χ1n) is 8.93. The first-order valence-corrected chi connectivity index (χ1v) is 9.92. The third kappa shape index (κ3) is 4.51. The van der Waals surface area contributed by atoms with Crippen LogP contribution in [0.4, 0.5) is 4.39 Å². The molecule has 6 nitrogen and oxygen atoms in total. The molecule has 1 amide bonds. The number of benzene rings is 2. The van der Waals surface area contributed by atoms with E-state index in [1.54, 1.807) is 18.2 Å². The predicted molar refractivity (Wildman–Crippen MR) is 109 cm³/mol. The number of amides is 1. The molecule has 3 N–H and O–H groups in total. The van der Waals surface area contributed by atoms with E-state index in [0.717, 1.165) is 23.7 Å². The van der Waals surface area contributed by atoms with Crippen LogP contribution in [0.2, 0.25) is 0 Å². The van der Waals surface area contributed by atoms with E-state index < -0.39 is 5.82 Å². The molecule has 146 valence electrons. The van der Waals surface area contributed by atoms with Gasteiger partial charge in [-0.15, -0.1) is 10.2 Å². The minimum atomic E-state index is -0.431. The van der Waals surface area contributed by atoms with Gasteiger partial charge in [0.2, 0.25) is 11.1 Å². The Balaban J connectivity index is 1.63. The molecule has 0 saturated carbocycles. The van der Waals surface area contributed by atoms with Crippen molar-refractivity contribution in [1.82, 2.24) is 20.2 Å². The number of carbonyl (C=O) groups is 1. The third-order valence-electron chi connectivity index (χ3n) is 4.33. The van der Waals surface area contributed by atoms with Crippen LogP contribution < -0.4 is 11.2 Å². The smallest absolute Gasteiger partial charge is 0.230 e. The van der Waals surface area contributed by atoms with Gasteiger partial charge in [0.1, 0.15) is 5.82 Å². The van der Waals surface area contributed by atoms with Crippen LogP contribution in [-0.4, -0.2) is 26.5 Å². The highest BCUT2D eigenvalue weighted by atomic mass is 32.2. The average Bonchev–Trinajstić information content (AvgIpc) is 3.06. The SMILES string of the molecule is CC[C@H](NC(=O)CSc1nnc(-c2ccccc2F)n1N)c1ccc(C)cc1. The normalized spacial score (nSPS) is 12.0. The number of nitrogen functional groups attached to an aromatic ring is 1. The summed E-state index contributed by atoms with van der Waals surface area (Å²) in [6.07, 6.45) is 0.782. The zero-order chi connectivity index (χ0) is 20.1. The quantitative estimate of drug-likeness (QED) is 0.469. The van der Waals surface area contributed by atoms with Crippen molar-refractivity contribution in [3.63, 3.8) is 0 Å². The standard InChI is InChI=1S/C20H22FN5OS/c1-3-17(14-10-8-13(2)9-11-14)23-18(27)12-28-20-25-24-19(26(20)22)15-6-4-5-7-16(15)21/h4-11,17H,3,12,22H2,1-2H3,(H,23,27)/t17-/m0/s1. The molecule has 3 aromatic rings. The van der Waals surface area contributed by atoms with Crippen molar-refractivity contribution in [2.75, 3.05) is 11.6 Å². The molecule has 3 rings (SSSR count). The summed E-state index contributed by atoms with van der Waals surface area (Å²) in [6.45, 7) is 4.05. The highest BCUT2D eigenvalue weighted by Crippen LogP contribution is 2.24. The molecule has 0 aliphatic heterocycles. The first-order chi connectivity index (χ1) is 13.5. The highest BCUT2D eigenvalue weighted by molar-refractivity contribution is 7.99. The minimum Gasteiger partial charge on any atom is -0.349 e. The molecular formula is C20H22FN5OS. The van der Waals surface area contributed by atoms with Crippen LogP contribution in [0.3, 0.4) is 0 Å². The largest absolute Gasteiger partial charge is 0.349 e. The van der Waals surface area contributed by atoms with Crippen molar-refractivity contribution in [3.05, 3.63) is 65.5 Å². The summed E-state index contributed by atoms with van der Waals surface area (Å²) in [4.78, 5) is 12.4. The summed E-state index contributed by atoms with van der Waals surface area (Å²) >= 11 is 1.16. The number of thioether (sulfide) groups is 1. The highest BCUT2D eigenvalue weighted by Gasteiger charge is 2.17. The molecule has 8 heteroatoms. The van der Waals surface area contributed by atoms with Gasteiger partial charge in [0, 0.05) is 0 Å². The fourth-order valence-corrected chi connectivity index (χ4v) is 3.46. The molecule has 0 spiro atoms. The summed E-state index contributed by atoms with van der Waals surface area (Å²) in [6, 6.07) is 14.2. The first kappa shape index (κ1) is 19.9. The topological polar surface area (TPSA) is 85.8 Å². The summed E-state index contributed by atoms with van der Waals surface area (Å²) < 4.78 is 15.1. The lowest BCUT2D eigenvalue weighted by Crippen LogP contribution is -2.29. The molecule has 0 aliphatic rings. The minimum absolute atomic E-state index is 0.0570. The van der Waals surface area contributed by atoms with Crippen LogP contribution in [0.15, 0.2) is 53.7 Å². The lowest BCUT2D eigenvalue weighted by Gasteiger charge is -2.17. The Kier molecular flexibility index (Phi) is 6.30. The van der Waals surface area contributed by atoms with Crippen molar-refractivity contribution < 1.29 is 9.18 Å². The van der Waals surface area contributed by atoms with Gasteiger partial charge in [0.15, 0.2) is 5.82 Å². The maximum atomic E-state index is 13.9. The summed E-state index contributed by atoms with van der Waals surface area (Å²) in [5, 5.41) is 11.3. The number of aryl methyl sites for hydroxylation is 1. The number of hydrogen-bond acceptors (Lipinski definition) is 5. The molecule has 0 radical (unpaired) electrons. The summed E-state index contributed by atoms with van der Waals surface area (Å²) in [5.41, 5.74) is 2.50. The van der Waals surface area contributed by atoms with Gasteiger partial charge in [-0.3, -0.25) is 4.79 Å². The molecule has 1 aromatic heterocycles. The van der Waals surface area contributed by atoms with Gasteiger partial charge >= 0.3 is 0 Å². The molecule has 1 heterocycles. The van der Waals surface area contributed by atoms with E-state index in [2.05, 4.69) is 15.5 Å². The van der Waals surface area contributed by atoms with Gasteiger partial charge in [-0.05, 0) is 31.0 Å². The van der Waals surface area contributed by atoms with E-state index in [1.165, 1.54) is 16.3 Å². The van der Waals surface area contributed by atoms with E-state index in [1.807, 2.05) is 38.1 Å². The average molecular weight is 399 g/mol. The van der Waals surface area contributed by atoms with Crippen molar-refractivity contribution >= 4 is 17.7 Å². The molecule has 1 atom stereocenters. The van der Waals surface area contributed by atoms with E-state index in [0.29, 0.717) is 5.16 Å². The van der Waals surface area contributed by atoms with E-state index in [-0.39, 0.29) is 29.1 Å². The van der Waals surface area contributed by atoms with Crippen molar-refractivity contribution in [2.24, 2.45) is 0 Å². The van der Waals surface area contributed by atoms with Gasteiger partial charge in [0.25, 0.3) is 0 Å². The van der Waals surface area contributed by atoms with Crippen LogP contribution in [0.25, 0.3) is 11.4 Å². The van der Waals surface area contributed by atoms with Crippen LogP contribution in [0.1, 0.15) is 30.5 Å². The van der Waals surface area contributed by atoms with Crippen molar-refractivity contribution in [3.8, 4) is 11.4 Å². The Labute approximate surface area is 167 Å². The number of aromatic nitrogens is 3. The van der Waals surface area contributed by atoms with Gasteiger partial charge in [-0.2, -0.15) is 0 Å². The fraction of sp³-hybridized carbons (Fsp3) is 0.250. The Morgan fingerprint density at radius 1 is 1.21 bits per heavy atom. The predicted octanol–water partition coefficient (Wildman–Crippen LogP) is 3.47. The molecular weight excluding hydrogens is 377 g/mol. The molecule has 28 heavy (non-hydrogen) atoms. The van der Waals surface area contributed by atoms with Gasteiger partial charge in [-0.25, -0.2) is 9.07 Å². The number of halogens is 1. The van der Waals surface area contributed by atoms with Crippen LogP contribution in [0.5, 0.6) is 0 Å². The lowest BCUT2D eigenvalue weighted by atomic mass is 10.0. The van der Waals surface area contributed by atoms with Gasteiger partial charge in [0.05, 0.1) is 17.4 Å². The summed E-state index contributed by atoms with van der Waals surface area (Å²) in [5.74, 6) is 5.78. The van der Waals surface area contributed by atoms with Crippen molar-refractivity contribution in [1.29, 1.82) is 0 Å². The van der Waals surface area contributed by atoms with Crippen LogP contribution in [0, 0.1) is 12.7 Å². The second kappa shape index (κ2) is 8.88. The Hall–Kier alpha value is -2.87. The molecule has 0 saturated heterocycles. The number of carbonyl (C=O) groups excluding carboxylic acids is 1. The Morgan fingerprint density at radius 2 is 1.93 bits per heavy atom. The molecule has 0 fully saturated rings. The number of rotatable bonds is 7. The number of nitrogens with two attached hydrogens (primary N) is 1. The number of nitrogens with one attached hydrogen (secondary N) is 1. The second-order valence-electron chi connectivity index (χ2n) is 6.38. The zero-order valence-electron chi connectivity index (χ0n) is 15.7. The molecule has 2 aromatic carbocycles. The monoisotopic (exact) mass is 399 g/mol. The van der Waals surface area contributed by atoms with Crippen LogP contribution in [-0.2, 0) is 4.79 Å². The van der Waals surface area contributed by atoms with E-state index in [4.69, 9.17) is 5.84 Å². The molecule has 0 unspecified atom stereocenters. The molecule has 0 bridgehead atoms. The number of nitrogens with zero attached hydrogens (tertiary/aromatic N) is 3. The zero-order valence-corrected chi connectivity index (χ0v) is 16.5.